The highest BCUT2D eigenvalue weighted by molar-refractivity contribution is 5.69. The molecule has 4 heterocycles. The second-order valence-corrected chi connectivity index (χ2v) is 19.5. The van der Waals surface area contributed by atoms with E-state index in [4.69, 9.17) is 19.7 Å². The number of aromatic nitrogens is 8. The lowest BCUT2D eigenvalue weighted by Gasteiger charge is -2.22. The van der Waals surface area contributed by atoms with Crippen molar-refractivity contribution in [2.24, 2.45) is 14.1 Å². The Hall–Kier alpha value is -7.71. The van der Waals surface area contributed by atoms with Gasteiger partial charge in [-0.15, -0.1) is 0 Å². The van der Waals surface area contributed by atoms with Crippen LogP contribution in [0.3, 0.4) is 0 Å². The van der Waals surface area contributed by atoms with Gasteiger partial charge in [-0.1, -0.05) is 0 Å². The fourth-order valence-electron chi connectivity index (χ4n) is 9.19. The number of non-ortho nitro benzene ring substituents is 2. The lowest BCUT2D eigenvalue weighted by molar-refractivity contribution is -0.385. The van der Waals surface area contributed by atoms with Crippen molar-refractivity contribution in [1.82, 2.24) is 39.1 Å². The molecule has 2 fully saturated rings. The summed E-state index contributed by atoms with van der Waals surface area (Å²) in [5.74, 6) is 1.92. The van der Waals surface area contributed by atoms with Gasteiger partial charge >= 0.3 is 6.16 Å². The van der Waals surface area contributed by atoms with E-state index in [2.05, 4.69) is 20.8 Å². The van der Waals surface area contributed by atoms with E-state index in [1.54, 1.807) is 26.2 Å². The van der Waals surface area contributed by atoms with Crippen LogP contribution < -0.4 is 31.2 Å². The van der Waals surface area contributed by atoms with Crippen LogP contribution in [0, 0.1) is 20.2 Å². The van der Waals surface area contributed by atoms with E-state index in [1.165, 1.54) is 57.9 Å². The predicted octanol–water partition coefficient (Wildman–Crippen LogP) is 8.76. The summed E-state index contributed by atoms with van der Waals surface area (Å²) in [7, 11) is 3.14. The minimum atomic E-state index is -1.10. The van der Waals surface area contributed by atoms with Gasteiger partial charge in [0.05, 0.1) is 32.3 Å². The molecule has 21 nitrogen and oxygen atoms in total. The molecule has 0 bridgehead atoms. The van der Waals surface area contributed by atoms with Gasteiger partial charge in [-0.3, -0.25) is 29.8 Å². The Morgan fingerprint density at radius 1 is 0.588 bits per heavy atom. The lowest BCUT2D eigenvalue weighted by Crippen LogP contribution is -2.25. The Morgan fingerprint density at radius 3 is 1.32 bits per heavy atom. The molecule has 2 aromatic carbocycles. The average Bonchev–Trinajstić information content (AvgIpc) is 4.10. The number of anilines is 4. The molecule has 2 N–H and O–H groups in total. The number of nitro benzene ring substituents is 2. The molecule has 0 spiro atoms. The van der Waals surface area contributed by atoms with E-state index in [-0.39, 0.29) is 57.7 Å². The van der Waals surface area contributed by atoms with Crippen LogP contribution in [0.1, 0.15) is 126 Å². The van der Waals surface area contributed by atoms with Crippen LogP contribution in [-0.4, -0.2) is 55.1 Å². The number of carbonyl (C=O) groups is 1. The second-order valence-electron chi connectivity index (χ2n) is 19.5. The van der Waals surface area contributed by atoms with Gasteiger partial charge < -0.3 is 20.1 Å². The molecule has 4 aromatic heterocycles. The first-order valence-electron chi connectivity index (χ1n) is 22.4. The number of nitrogens with one attached hydrogen (secondary N) is 2. The van der Waals surface area contributed by atoms with Crippen molar-refractivity contribution >= 4 is 40.8 Å². The van der Waals surface area contributed by atoms with Gasteiger partial charge in [-0.25, -0.2) is 23.5 Å². The Morgan fingerprint density at radius 2 is 0.971 bits per heavy atom. The van der Waals surface area contributed by atoms with Crippen LogP contribution in [0.25, 0.3) is 0 Å². The van der Waals surface area contributed by atoms with Gasteiger partial charge in [0.15, 0.2) is 11.6 Å². The number of hydrogen-bond acceptors (Lipinski definition) is 15. The van der Waals surface area contributed by atoms with E-state index in [1.807, 2.05) is 63.0 Å². The lowest BCUT2D eigenvalue weighted by atomic mass is 9.94. The van der Waals surface area contributed by atoms with Gasteiger partial charge in [0, 0.05) is 85.6 Å². The van der Waals surface area contributed by atoms with Gasteiger partial charge in [-0.2, -0.15) is 20.4 Å². The molecule has 2 aliphatic carbocycles. The molecule has 68 heavy (non-hydrogen) atoms. The Labute approximate surface area is 390 Å². The van der Waals surface area contributed by atoms with Crippen molar-refractivity contribution in [2.75, 3.05) is 10.6 Å². The van der Waals surface area contributed by atoms with Crippen molar-refractivity contribution in [3.8, 4) is 11.5 Å². The summed E-state index contributed by atoms with van der Waals surface area (Å²) in [6, 6.07) is 18.1. The zero-order valence-electron chi connectivity index (χ0n) is 39.1. The number of nitro groups is 2. The third kappa shape index (κ3) is 10.0. The molecule has 0 aliphatic heterocycles. The molecule has 21 heteroatoms. The van der Waals surface area contributed by atoms with Crippen LogP contribution in [0.5, 0.6) is 11.5 Å². The molecule has 2 aliphatic rings. The summed E-state index contributed by atoms with van der Waals surface area (Å²) in [6.07, 6.45) is 2.65. The fourth-order valence-corrected chi connectivity index (χ4v) is 9.19. The van der Waals surface area contributed by atoms with Crippen molar-refractivity contribution in [3.63, 3.8) is 0 Å². The largest absolute Gasteiger partial charge is 0.519 e. The molecule has 8 rings (SSSR count). The summed E-state index contributed by atoms with van der Waals surface area (Å²) in [5, 5.41) is 49.2. The summed E-state index contributed by atoms with van der Waals surface area (Å²) in [6.45, 7) is 12.1. The number of carbonyl (C=O) groups excluding carboxylic acids is 1. The first kappa shape index (κ1) is 46.8. The predicted molar refractivity (Wildman–Crippen MR) is 251 cm³/mol. The maximum absolute atomic E-state index is 13.8. The van der Waals surface area contributed by atoms with Crippen molar-refractivity contribution in [3.05, 3.63) is 136 Å². The summed E-state index contributed by atoms with van der Waals surface area (Å²) in [5.41, 5.74) is 0.901. The molecule has 2 saturated carbocycles. The number of rotatable bonds is 12. The van der Waals surface area contributed by atoms with Crippen LogP contribution in [0.15, 0.2) is 82.4 Å². The van der Waals surface area contributed by atoms with Crippen LogP contribution in [-0.2, 0) is 25.2 Å². The quantitative estimate of drug-likeness (QED) is 0.0503. The number of benzene rings is 2. The van der Waals surface area contributed by atoms with Gasteiger partial charge in [0.25, 0.3) is 22.5 Å². The van der Waals surface area contributed by atoms with Crippen LogP contribution in [0.4, 0.5) is 39.4 Å². The zero-order valence-corrected chi connectivity index (χ0v) is 39.1. The van der Waals surface area contributed by atoms with Crippen LogP contribution in [0.2, 0.25) is 0 Å². The third-order valence-corrected chi connectivity index (χ3v) is 12.5. The molecule has 0 saturated heterocycles. The topological polar surface area (TPSA) is 251 Å². The van der Waals surface area contributed by atoms with E-state index in [0.29, 0.717) is 72.9 Å². The highest BCUT2D eigenvalue weighted by Crippen LogP contribution is 2.49. The molecule has 356 valence electrons. The van der Waals surface area contributed by atoms with Crippen molar-refractivity contribution in [1.29, 1.82) is 0 Å². The smallest absolute Gasteiger partial charge is 0.394 e. The van der Waals surface area contributed by atoms with E-state index in [9.17, 15) is 34.6 Å². The second kappa shape index (κ2) is 18.2. The van der Waals surface area contributed by atoms with E-state index in [0.717, 1.165) is 11.4 Å². The summed E-state index contributed by atoms with van der Waals surface area (Å²) in [4.78, 5) is 60.8. The summed E-state index contributed by atoms with van der Waals surface area (Å²) < 4.78 is 17.9. The first-order valence-corrected chi connectivity index (χ1v) is 22.4. The molecule has 4 unspecified atom stereocenters. The highest BCUT2D eigenvalue weighted by Gasteiger charge is 2.36. The third-order valence-electron chi connectivity index (χ3n) is 12.5. The van der Waals surface area contributed by atoms with E-state index < -0.39 is 27.1 Å². The number of aryl methyl sites for hydroxylation is 2. The average molecular weight is 931 g/mol. The molecule has 4 atom stereocenters. The Balaban J connectivity index is 1.01. The maximum Gasteiger partial charge on any atom is 0.519 e. The van der Waals surface area contributed by atoms with Gasteiger partial charge in [0.1, 0.15) is 23.1 Å². The maximum atomic E-state index is 13.8. The fraction of sp³-hybridized carbons (Fsp3) is 0.426. The van der Waals surface area contributed by atoms with E-state index >= 15 is 0 Å². The monoisotopic (exact) mass is 930 g/mol. The van der Waals surface area contributed by atoms with Crippen LogP contribution >= 0.6 is 0 Å². The van der Waals surface area contributed by atoms with Crippen molar-refractivity contribution < 1.29 is 24.1 Å². The normalized spacial score (nSPS) is 18.4. The highest BCUT2D eigenvalue weighted by atomic mass is 16.7. The molecule has 6 aromatic rings. The van der Waals surface area contributed by atoms with Crippen molar-refractivity contribution in [2.45, 2.75) is 115 Å². The molecular weight excluding hydrogens is 877 g/mol. The number of hydrogen-bond donors (Lipinski definition) is 2. The van der Waals surface area contributed by atoms with Gasteiger partial charge in [-0.05, 0) is 116 Å². The van der Waals surface area contributed by atoms with Gasteiger partial charge in [0.2, 0.25) is 0 Å². The SMILES string of the molecule is Cn1nc(Nc2cc(C3CCC(c4cc([N+](=O)[O-])ccc4OC(=O)Oc4ccc([N+](=O)[O-])cc4C4CCC(c5cc(Nc6ccc(=O)n(C)n6)n(C(C)(C)C)n5)C4)C3)nn2C(C)(C)C)ccc1=O. The Bertz CT molecular complexity index is 2850. The first-order chi connectivity index (χ1) is 32.1. The Kier molecular flexibility index (Phi) is 12.5. The number of ether oxygens (including phenoxy) is 2. The summed E-state index contributed by atoms with van der Waals surface area (Å²) >= 11 is 0. The molecular formula is C47H54N12O9. The zero-order chi connectivity index (χ0) is 48.8. The molecule has 0 radical (unpaired) electrons. The minimum absolute atomic E-state index is 0.0447. The number of nitrogens with zero attached hydrogens (tertiary/aromatic N) is 10. The minimum Gasteiger partial charge on any atom is -0.394 e. The molecule has 0 amide bonds. The standard InChI is InChI=1S/C47H54N12O9/c1-46(2,3)56-41(48-39-17-19-43(60)54(7)52-39)25-35(50-56)29-11-9-27(21-29)33-23-31(58(63)64)13-15-37(33)67-45(62)68-38-16-14-32(59(65)66)24-34(38)28-10-12-30(22-28)36-26-42(57(51-36)47(4,5)6)49-40-18-20-44(61)55(8)53-40/h13-20,23-30H,9-12,21-22H2,1-8H3,(H,48,52)(H,49,53).